The molecule has 1 heterocycles. The molecule has 1 aromatic heterocycles. The maximum absolute atomic E-state index is 5.27. The minimum atomic E-state index is 0.664. The minimum Gasteiger partial charge on any atom is -0.496 e. The van der Waals surface area contributed by atoms with E-state index in [1.807, 2.05) is 35.1 Å². The molecule has 28 heavy (non-hydrogen) atoms. The highest BCUT2D eigenvalue weighted by atomic mass is 79.9. The number of aromatic nitrogens is 2. The Labute approximate surface area is 173 Å². The first kappa shape index (κ1) is 19.9. The zero-order chi connectivity index (χ0) is 19.8. The molecule has 0 aliphatic rings. The van der Waals surface area contributed by atoms with E-state index >= 15 is 0 Å². The van der Waals surface area contributed by atoms with Crippen LogP contribution in [0.2, 0.25) is 0 Å². The first-order chi connectivity index (χ1) is 13.7. The Morgan fingerprint density at radius 2 is 1.89 bits per heavy atom. The topological polar surface area (TPSA) is 63.5 Å². The summed E-state index contributed by atoms with van der Waals surface area (Å²) in [4.78, 5) is 4.32. The lowest BCUT2D eigenvalue weighted by molar-refractivity contribution is 0.412. The van der Waals surface area contributed by atoms with Crippen LogP contribution in [0.4, 0.5) is 0 Å². The van der Waals surface area contributed by atoms with Crippen LogP contribution in [-0.2, 0) is 19.6 Å². The number of methoxy groups -OCH3 is 1. The summed E-state index contributed by atoms with van der Waals surface area (Å²) in [6.45, 7) is 2.09. The minimum absolute atomic E-state index is 0.664. The SMILES string of the molecule is CN=C(NCc1ccc(OC)c(Br)c1)NCc1ccccc1Cn1cccn1. The Morgan fingerprint density at radius 3 is 2.57 bits per heavy atom. The van der Waals surface area contributed by atoms with Crippen LogP contribution in [0.15, 0.2) is 70.4 Å². The maximum Gasteiger partial charge on any atom is 0.191 e. The third kappa shape index (κ3) is 5.36. The van der Waals surface area contributed by atoms with Crippen molar-refractivity contribution < 1.29 is 4.74 Å². The van der Waals surface area contributed by atoms with E-state index in [0.29, 0.717) is 13.1 Å². The third-order valence-corrected chi connectivity index (χ3v) is 4.98. The molecule has 0 saturated carbocycles. The smallest absolute Gasteiger partial charge is 0.191 e. The summed E-state index contributed by atoms with van der Waals surface area (Å²) in [5.74, 6) is 1.57. The number of hydrogen-bond donors (Lipinski definition) is 2. The van der Waals surface area contributed by atoms with Crippen LogP contribution in [0, 0.1) is 0 Å². The van der Waals surface area contributed by atoms with Gasteiger partial charge in [0, 0.05) is 32.5 Å². The lowest BCUT2D eigenvalue weighted by Gasteiger charge is -2.15. The molecule has 0 bridgehead atoms. The molecule has 0 aliphatic carbocycles. The molecule has 3 aromatic rings. The van der Waals surface area contributed by atoms with E-state index < -0.39 is 0 Å². The Morgan fingerprint density at radius 1 is 1.11 bits per heavy atom. The zero-order valence-corrected chi connectivity index (χ0v) is 17.6. The molecule has 7 heteroatoms. The van der Waals surface area contributed by atoms with Gasteiger partial charge < -0.3 is 15.4 Å². The molecule has 0 amide bonds. The van der Waals surface area contributed by atoms with Crippen LogP contribution in [0.25, 0.3) is 0 Å². The fraction of sp³-hybridized carbons (Fsp3) is 0.238. The Bertz CT molecular complexity index is 924. The maximum atomic E-state index is 5.27. The summed E-state index contributed by atoms with van der Waals surface area (Å²) in [6.07, 6.45) is 3.77. The van der Waals surface area contributed by atoms with Gasteiger partial charge >= 0.3 is 0 Å². The van der Waals surface area contributed by atoms with Crippen molar-refractivity contribution in [3.8, 4) is 5.75 Å². The highest BCUT2D eigenvalue weighted by Gasteiger charge is 2.06. The summed E-state index contributed by atoms with van der Waals surface area (Å²) >= 11 is 3.52. The first-order valence-electron chi connectivity index (χ1n) is 9.00. The number of nitrogens with zero attached hydrogens (tertiary/aromatic N) is 3. The number of benzene rings is 2. The predicted molar refractivity (Wildman–Crippen MR) is 116 cm³/mol. The van der Waals surface area contributed by atoms with Gasteiger partial charge in [-0.15, -0.1) is 0 Å². The van der Waals surface area contributed by atoms with Crippen molar-refractivity contribution >= 4 is 21.9 Å². The molecule has 6 nitrogen and oxygen atoms in total. The van der Waals surface area contributed by atoms with Gasteiger partial charge in [0.25, 0.3) is 0 Å². The average molecular weight is 442 g/mol. The van der Waals surface area contributed by atoms with Crippen molar-refractivity contribution in [1.29, 1.82) is 0 Å². The van der Waals surface area contributed by atoms with Crippen LogP contribution in [-0.4, -0.2) is 29.9 Å². The van der Waals surface area contributed by atoms with E-state index in [2.05, 4.69) is 60.9 Å². The summed E-state index contributed by atoms with van der Waals surface area (Å²) in [5, 5.41) is 11.0. The number of ether oxygens (including phenoxy) is 1. The fourth-order valence-electron chi connectivity index (χ4n) is 2.86. The lowest BCUT2D eigenvalue weighted by Crippen LogP contribution is -2.36. The normalized spacial score (nSPS) is 11.3. The number of guanidine groups is 1. The van der Waals surface area contributed by atoms with Crippen LogP contribution >= 0.6 is 15.9 Å². The molecule has 3 rings (SSSR count). The van der Waals surface area contributed by atoms with Gasteiger partial charge in [-0.05, 0) is 50.8 Å². The Balaban J connectivity index is 1.58. The van der Waals surface area contributed by atoms with Gasteiger partial charge in [-0.2, -0.15) is 5.10 Å². The summed E-state index contributed by atoms with van der Waals surface area (Å²) in [6, 6.07) is 16.3. The first-order valence-corrected chi connectivity index (χ1v) is 9.80. The molecule has 2 aromatic carbocycles. The summed E-state index contributed by atoms with van der Waals surface area (Å²) < 4.78 is 8.13. The zero-order valence-electron chi connectivity index (χ0n) is 16.0. The number of nitrogens with one attached hydrogen (secondary N) is 2. The molecule has 0 atom stereocenters. The quantitative estimate of drug-likeness (QED) is 0.434. The van der Waals surface area contributed by atoms with E-state index in [9.17, 15) is 0 Å². The summed E-state index contributed by atoms with van der Waals surface area (Å²) in [7, 11) is 3.43. The molecular formula is C21H24BrN5O. The van der Waals surface area contributed by atoms with Crippen LogP contribution in [0.3, 0.4) is 0 Å². The number of rotatable bonds is 7. The molecule has 0 spiro atoms. The number of hydrogen-bond acceptors (Lipinski definition) is 3. The third-order valence-electron chi connectivity index (χ3n) is 4.36. The fourth-order valence-corrected chi connectivity index (χ4v) is 3.45. The van der Waals surface area contributed by atoms with Crippen LogP contribution < -0.4 is 15.4 Å². The molecule has 0 saturated heterocycles. The highest BCUT2D eigenvalue weighted by Crippen LogP contribution is 2.25. The lowest BCUT2D eigenvalue weighted by atomic mass is 10.1. The monoisotopic (exact) mass is 441 g/mol. The van der Waals surface area contributed by atoms with Gasteiger partial charge in [0.2, 0.25) is 0 Å². The number of halogens is 1. The molecule has 2 N–H and O–H groups in total. The Hall–Kier alpha value is -2.80. The molecule has 146 valence electrons. The molecule has 0 fully saturated rings. The van der Waals surface area contributed by atoms with Crippen LogP contribution in [0.5, 0.6) is 5.75 Å². The second kappa shape index (κ2) is 9.94. The largest absolute Gasteiger partial charge is 0.496 e. The van der Waals surface area contributed by atoms with E-state index in [4.69, 9.17) is 4.74 Å². The van der Waals surface area contributed by atoms with Crippen molar-refractivity contribution in [3.05, 3.63) is 82.1 Å². The van der Waals surface area contributed by atoms with E-state index in [1.54, 1.807) is 20.4 Å². The van der Waals surface area contributed by atoms with Crippen molar-refractivity contribution in [2.45, 2.75) is 19.6 Å². The number of aliphatic imine (C=N–C) groups is 1. The standard InChI is InChI=1S/C21H24BrN5O/c1-23-21(24-13-16-8-9-20(28-2)19(22)12-16)25-14-17-6-3-4-7-18(17)15-27-11-5-10-26-27/h3-12H,13-15H2,1-2H3,(H2,23,24,25). The highest BCUT2D eigenvalue weighted by molar-refractivity contribution is 9.10. The van der Waals surface area contributed by atoms with Gasteiger partial charge in [-0.3, -0.25) is 9.67 Å². The molecule has 0 radical (unpaired) electrons. The van der Waals surface area contributed by atoms with Crippen molar-refractivity contribution in [2.75, 3.05) is 14.2 Å². The van der Waals surface area contributed by atoms with E-state index in [0.717, 1.165) is 28.3 Å². The molecule has 0 unspecified atom stereocenters. The van der Waals surface area contributed by atoms with Gasteiger partial charge in [0.1, 0.15) is 5.75 Å². The summed E-state index contributed by atoms with van der Waals surface area (Å²) in [5.41, 5.74) is 3.58. The van der Waals surface area contributed by atoms with Gasteiger partial charge in [0.05, 0.1) is 18.1 Å². The van der Waals surface area contributed by atoms with Crippen molar-refractivity contribution in [1.82, 2.24) is 20.4 Å². The molecule has 0 aliphatic heterocycles. The van der Waals surface area contributed by atoms with Crippen molar-refractivity contribution in [2.24, 2.45) is 4.99 Å². The van der Waals surface area contributed by atoms with E-state index in [1.165, 1.54) is 11.1 Å². The molecular weight excluding hydrogens is 418 g/mol. The van der Waals surface area contributed by atoms with Crippen LogP contribution in [0.1, 0.15) is 16.7 Å². The van der Waals surface area contributed by atoms with Crippen molar-refractivity contribution in [3.63, 3.8) is 0 Å². The predicted octanol–water partition coefficient (Wildman–Crippen LogP) is 3.57. The second-order valence-electron chi connectivity index (χ2n) is 6.22. The average Bonchev–Trinajstić information content (AvgIpc) is 3.22. The van der Waals surface area contributed by atoms with E-state index in [-0.39, 0.29) is 0 Å². The Kier molecular flexibility index (Phi) is 7.08. The van der Waals surface area contributed by atoms with Gasteiger partial charge in [-0.1, -0.05) is 30.3 Å². The second-order valence-corrected chi connectivity index (χ2v) is 7.07. The van der Waals surface area contributed by atoms with Gasteiger partial charge in [-0.25, -0.2) is 0 Å². The van der Waals surface area contributed by atoms with Gasteiger partial charge in [0.15, 0.2) is 5.96 Å².